The van der Waals surface area contributed by atoms with E-state index < -0.39 is 0 Å². The molecule has 0 aromatic carbocycles. The number of ether oxygens (including phenoxy) is 1. The summed E-state index contributed by atoms with van der Waals surface area (Å²) in [6, 6.07) is 2.59. The fourth-order valence-electron chi connectivity index (χ4n) is 1.48. The van der Waals surface area contributed by atoms with Gasteiger partial charge >= 0.3 is 0 Å². The van der Waals surface area contributed by atoms with Crippen LogP contribution in [-0.2, 0) is 4.74 Å². The summed E-state index contributed by atoms with van der Waals surface area (Å²) in [5, 5.41) is 5.59. The maximum absolute atomic E-state index is 5.41. The van der Waals surface area contributed by atoms with Gasteiger partial charge in [0.25, 0.3) is 0 Å². The first kappa shape index (κ1) is 11.0. The molecule has 1 atom stereocenters. The molecule has 1 aromatic heterocycles. The van der Waals surface area contributed by atoms with Crippen LogP contribution in [0.2, 0.25) is 0 Å². The summed E-state index contributed by atoms with van der Waals surface area (Å²) in [5.74, 6) is 0. The zero-order valence-electron chi connectivity index (χ0n) is 7.58. The summed E-state index contributed by atoms with van der Waals surface area (Å²) in [6.45, 7) is 4.80. The van der Waals surface area contributed by atoms with Crippen LogP contribution in [0.25, 0.3) is 0 Å². The van der Waals surface area contributed by atoms with Gasteiger partial charge in [0.1, 0.15) is 0 Å². The molecule has 1 fully saturated rings. The molecule has 1 aliphatic rings. The molecule has 2 heterocycles. The van der Waals surface area contributed by atoms with Crippen molar-refractivity contribution in [2.75, 3.05) is 19.8 Å². The molecular weight excluding hydrogens is 206 g/mol. The van der Waals surface area contributed by atoms with Gasteiger partial charge in [-0.3, -0.25) is 0 Å². The van der Waals surface area contributed by atoms with Gasteiger partial charge in [-0.25, -0.2) is 0 Å². The molecule has 74 valence electrons. The van der Waals surface area contributed by atoms with Crippen molar-refractivity contribution in [3.63, 3.8) is 0 Å². The van der Waals surface area contributed by atoms with Crippen LogP contribution in [0, 0.1) is 6.92 Å². The Balaban J connectivity index is 0.000000845. The third-order valence-corrected chi connectivity index (χ3v) is 3.27. The molecule has 0 spiro atoms. The van der Waals surface area contributed by atoms with Gasteiger partial charge in [0.05, 0.1) is 19.3 Å². The Hall–Kier alpha value is -0.0900. The Morgan fingerprint density at radius 2 is 2.46 bits per heavy atom. The van der Waals surface area contributed by atoms with Crippen LogP contribution in [0.15, 0.2) is 11.4 Å². The molecule has 0 saturated carbocycles. The van der Waals surface area contributed by atoms with Gasteiger partial charge in [0.2, 0.25) is 0 Å². The van der Waals surface area contributed by atoms with Gasteiger partial charge in [-0.05, 0) is 23.9 Å². The van der Waals surface area contributed by atoms with Crippen molar-refractivity contribution < 1.29 is 4.74 Å². The van der Waals surface area contributed by atoms with Crippen LogP contribution in [-0.4, -0.2) is 19.8 Å². The lowest BCUT2D eigenvalue weighted by molar-refractivity contribution is 0.0777. The van der Waals surface area contributed by atoms with Gasteiger partial charge in [-0.15, -0.1) is 23.7 Å². The Labute approximate surface area is 88.7 Å². The van der Waals surface area contributed by atoms with Gasteiger partial charge in [0, 0.05) is 11.4 Å². The van der Waals surface area contributed by atoms with E-state index in [4.69, 9.17) is 4.74 Å². The molecule has 13 heavy (non-hydrogen) atoms. The van der Waals surface area contributed by atoms with Crippen LogP contribution in [0.1, 0.15) is 16.5 Å². The van der Waals surface area contributed by atoms with E-state index in [9.17, 15) is 0 Å². The highest BCUT2D eigenvalue weighted by Crippen LogP contribution is 2.24. The average molecular weight is 220 g/mol. The second-order valence-electron chi connectivity index (χ2n) is 3.05. The summed E-state index contributed by atoms with van der Waals surface area (Å²) in [7, 11) is 0. The van der Waals surface area contributed by atoms with Gasteiger partial charge in [-0.1, -0.05) is 0 Å². The Morgan fingerprint density at radius 1 is 1.62 bits per heavy atom. The van der Waals surface area contributed by atoms with Crippen molar-refractivity contribution in [3.05, 3.63) is 21.9 Å². The second kappa shape index (κ2) is 4.96. The third kappa shape index (κ3) is 2.44. The van der Waals surface area contributed by atoms with E-state index in [2.05, 4.69) is 23.7 Å². The van der Waals surface area contributed by atoms with Crippen molar-refractivity contribution in [3.8, 4) is 0 Å². The molecule has 2 nitrogen and oxygen atoms in total. The van der Waals surface area contributed by atoms with E-state index in [1.807, 2.05) is 11.3 Å². The normalized spacial score (nSPS) is 22.4. The predicted molar refractivity (Wildman–Crippen MR) is 57.9 cm³/mol. The summed E-state index contributed by atoms with van der Waals surface area (Å²) in [6.07, 6.45) is 0. The molecular formula is C9H14ClNOS. The monoisotopic (exact) mass is 219 g/mol. The van der Waals surface area contributed by atoms with E-state index in [1.165, 1.54) is 10.4 Å². The minimum atomic E-state index is 0. The zero-order chi connectivity index (χ0) is 8.39. The van der Waals surface area contributed by atoms with Crippen LogP contribution >= 0.6 is 23.7 Å². The number of rotatable bonds is 1. The van der Waals surface area contributed by atoms with Crippen molar-refractivity contribution in [2.45, 2.75) is 13.0 Å². The summed E-state index contributed by atoms with van der Waals surface area (Å²) in [4.78, 5) is 1.43. The van der Waals surface area contributed by atoms with Crippen molar-refractivity contribution in [2.24, 2.45) is 0 Å². The number of hydrogen-bond acceptors (Lipinski definition) is 3. The molecule has 1 aromatic rings. The number of halogens is 1. The molecule has 0 aliphatic carbocycles. The molecule has 1 N–H and O–H groups in total. The maximum Gasteiger partial charge on any atom is 0.0670 e. The molecule has 4 heteroatoms. The van der Waals surface area contributed by atoms with Gasteiger partial charge in [-0.2, -0.15) is 0 Å². The number of morpholine rings is 1. The SMILES string of the molecule is Cc1ccsc1[C@H]1COCCN1.Cl. The number of aryl methyl sites for hydroxylation is 1. The minimum Gasteiger partial charge on any atom is -0.378 e. The van der Waals surface area contributed by atoms with E-state index >= 15 is 0 Å². The van der Waals surface area contributed by atoms with Crippen LogP contribution in [0.4, 0.5) is 0 Å². The van der Waals surface area contributed by atoms with Gasteiger partial charge < -0.3 is 10.1 Å². The summed E-state index contributed by atoms with van der Waals surface area (Å²) in [5.41, 5.74) is 1.38. The maximum atomic E-state index is 5.41. The topological polar surface area (TPSA) is 21.3 Å². The number of thiophene rings is 1. The van der Waals surface area contributed by atoms with Crippen LogP contribution in [0.3, 0.4) is 0 Å². The summed E-state index contributed by atoms with van der Waals surface area (Å²) >= 11 is 1.81. The molecule has 2 rings (SSSR count). The molecule has 0 unspecified atom stereocenters. The lowest BCUT2D eigenvalue weighted by atomic mass is 10.1. The summed E-state index contributed by atoms with van der Waals surface area (Å²) < 4.78 is 5.41. The first-order valence-corrected chi connectivity index (χ1v) is 5.11. The highest BCUT2D eigenvalue weighted by atomic mass is 35.5. The van der Waals surface area contributed by atoms with Crippen molar-refractivity contribution in [1.82, 2.24) is 5.32 Å². The Morgan fingerprint density at radius 3 is 3.00 bits per heavy atom. The number of nitrogens with one attached hydrogen (secondary N) is 1. The first-order chi connectivity index (χ1) is 5.88. The fraction of sp³-hybridized carbons (Fsp3) is 0.556. The lowest BCUT2D eigenvalue weighted by Gasteiger charge is -2.23. The fourth-order valence-corrected chi connectivity index (χ4v) is 2.46. The van der Waals surface area contributed by atoms with E-state index in [0.29, 0.717) is 6.04 Å². The number of hydrogen-bond donors (Lipinski definition) is 1. The zero-order valence-corrected chi connectivity index (χ0v) is 9.21. The van der Waals surface area contributed by atoms with Gasteiger partial charge in [0.15, 0.2) is 0 Å². The van der Waals surface area contributed by atoms with Crippen LogP contribution in [0.5, 0.6) is 0 Å². The largest absolute Gasteiger partial charge is 0.378 e. The Kier molecular flexibility index (Phi) is 4.19. The molecule has 1 aliphatic heterocycles. The highest BCUT2D eigenvalue weighted by molar-refractivity contribution is 7.10. The van der Waals surface area contributed by atoms with E-state index in [1.54, 1.807) is 0 Å². The second-order valence-corrected chi connectivity index (χ2v) is 4.00. The smallest absolute Gasteiger partial charge is 0.0670 e. The molecule has 0 amide bonds. The van der Waals surface area contributed by atoms with E-state index in [-0.39, 0.29) is 12.4 Å². The van der Waals surface area contributed by atoms with Crippen molar-refractivity contribution >= 4 is 23.7 Å². The average Bonchev–Trinajstić information content (AvgIpc) is 2.53. The Bertz CT molecular complexity index is 258. The van der Waals surface area contributed by atoms with E-state index in [0.717, 1.165) is 19.8 Å². The molecule has 1 saturated heterocycles. The van der Waals surface area contributed by atoms with Crippen molar-refractivity contribution in [1.29, 1.82) is 0 Å². The standard InChI is InChI=1S/C9H13NOS.ClH/c1-7-2-5-12-9(7)8-6-11-4-3-10-8;/h2,5,8,10H,3-4,6H2,1H3;1H/t8-;/m1./s1. The first-order valence-electron chi connectivity index (χ1n) is 4.23. The lowest BCUT2D eigenvalue weighted by Crippen LogP contribution is -2.34. The molecule has 0 radical (unpaired) electrons. The highest BCUT2D eigenvalue weighted by Gasteiger charge is 2.17. The third-order valence-electron chi connectivity index (χ3n) is 2.14. The minimum absolute atomic E-state index is 0. The predicted octanol–water partition coefficient (Wildman–Crippen LogP) is 2.14. The molecule has 0 bridgehead atoms. The quantitative estimate of drug-likeness (QED) is 0.782. The van der Waals surface area contributed by atoms with Crippen LogP contribution < -0.4 is 5.32 Å².